The van der Waals surface area contributed by atoms with E-state index in [1.807, 2.05) is 52.5 Å². The van der Waals surface area contributed by atoms with Crippen molar-refractivity contribution >= 4 is 17.0 Å². The van der Waals surface area contributed by atoms with Crippen LogP contribution < -0.4 is 5.32 Å². The average molecular weight is 307 g/mol. The van der Waals surface area contributed by atoms with Gasteiger partial charge in [0.25, 0.3) is 0 Å². The first-order valence-electron chi connectivity index (χ1n) is 7.65. The molecule has 1 N–H and O–H groups in total. The van der Waals surface area contributed by atoms with Crippen molar-refractivity contribution < 1.29 is 0 Å². The fraction of sp³-hybridized carbons (Fsp3) is 0.250. The van der Waals surface area contributed by atoms with Gasteiger partial charge in [0.05, 0.1) is 5.69 Å². The lowest BCUT2D eigenvalue weighted by Crippen LogP contribution is -2.07. The number of hydrogen-bond donors (Lipinski definition) is 1. The van der Waals surface area contributed by atoms with E-state index in [0.29, 0.717) is 0 Å². The Balaban J connectivity index is 1.42. The topological polar surface area (TPSA) is 72.4 Å². The monoisotopic (exact) mass is 307 g/mol. The minimum Gasteiger partial charge on any atom is -0.368 e. The molecule has 4 aromatic heterocycles. The molecular formula is C16H17N7. The predicted octanol–water partition coefficient (Wildman–Crippen LogP) is 2.13. The summed E-state index contributed by atoms with van der Waals surface area (Å²) in [6.45, 7) is 2.80. The molecule has 23 heavy (non-hydrogen) atoms. The summed E-state index contributed by atoms with van der Waals surface area (Å²) < 4.78 is 3.87. The summed E-state index contributed by atoms with van der Waals surface area (Å²) in [5, 5.41) is 16.2. The van der Waals surface area contributed by atoms with Crippen molar-refractivity contribution in [1.82, 2.24) is 29.2 Å². The summed E-state index contributed by atoms with van der Waals surface area (Å²) in [5.74, 6) is 1.84. The highest BCUT2D eigenvalue weighted by molar-refractivity contribution is 5.67. The molecule has 7 nitrogen and oxygen atoms in total. The fourth-order valence-corrected chi connectivity index (χ4v) is 2.70. The van der Waals surface area contributed by atoms with E-state index in [4.69, 9.17) is 0 Å². The van der Waals surface area contributed by atoms with Crippen molar-refractivity contribution in [3.63, 3.8) is 0 Å². The zero-order chi connectivity index (χ0) is 15.6. The number of aromatic nitrogens is 6. The number of pyridine rings is 1. The zero-order valence-corrected chi connectivity index (χ0v) is 12.8. The minimum atomic E-state index is 0.818. The number of fused-ring (bicyclic) bond motifs is 2. The van der Waals surface area contributed by atoms with E-state index in [0.717, 1.165) is 47.9 Å². The van der Waals surface area contributed by atoms with Crippen molar-refractivity contribution in [3.8, 4) is 0 Å². The number of nitrogens with one attached hydrogen (secondary N) is 1. The van der Waals surface area contributed by atoms with Crippen molar-refractivity contribution in [2.45, 2.75) is 19.8 Å². The second-order valence-electron chi connectivity index (χ2n) is 5.47. The Morgan fingerprint density at radius 2 is 2.13 bits per heavy atom. The standard InChI is InChI=1S/C16H17N7/c1-12-11-13-16(18-8-10-23(13)21-12)17-7-4-6-15-20-19-14-5-2-3-9-22(14)15/h2-3,5,8-11H,4,6-7H2,1H3,(H,17,18). The molecule has 0 spiro atoms. The van der Waals surface area contributed by atoms with E-state index in [-0.39, 0.29) is 0 Å². The van der Waals surface area contributed by atoms with Crippen molar-refractivity contribution in [3.05, 3.63) is 54.4 Å². The molecule has 0 aliphatic rings. The van der Waals surface area contributed by atoms with Crippen LogP contribution in [-0.4, -0.2) is 35.7 Å². The van der Waals surface area contributed by atoms with Gasteiger partial charge in [0, 0.05) is 31.6 Å². The third kappa shape index (κ3) is 2.61. The maximum absolute atomic E-state index is 4.40. The minimum absolute atomic E-state index is 0.818. The third-order valence-corrected chi connectivity index (χ3v) is 3.77. The Morgan fingerprint density at radius 3 is 3.09 bits per heavy atom. The van der Waals surface area contributed by atoms with Gasteiger partial charge in [-0.2, -0.15) is 5.10 Å². The highest BCUT2D eigenvalue weighted by atomic mass is 15.2. The van der Waals surface area contributed by atoms with Gasteiger partial charge in [-0.1, -0.05) is 6.07 Å². The Hall–Kier alpha value is -2.96. The molecule has 116 valence electrons. The first kappa shape index (κ1) is 13.7. The molecule has 0 saturated carbocycles. The van der Waals surface area contributed by atoms with Gasteiger partial charge in [-0.25, -0.2) is 9.50 Å². The summed E-state index contributed by atoms with van der Waals surface area (Å²) in [6.07, 6.45) is 7.42. The van der Waals surface area contributed by atoms with Crippen LogP contribution in [0.25, 0.3) is 11.2 Å². The van der Waals surface area contributed by atoms with E-state index in [1.165, 1.54) is 0 Å². The summed E-state index contributed by atoms with van der Waals surface area (Å²) in [4.78, 5) is 4.40. The van der Waals surface area contributed by atoms with Gasteiger partial charge in [0.2, 0.25) is 0 Å². The summed E-state index contributed by atoms with van der Waals surface area (Å²) in [7, 11) is 0. The Bertz CT molecular complexity index is 953. The molecule has 0 unspecified atom stereocenters. The maximum Gasteiger partial charge on any atom is 0.160 e. The summed E-state index contributed by atoms with van der Waals surface area (Å²) >= 11 is 0. The molecule has 0 aliphatic heterocycles. The molecule has 4 heterocycles. The highest BCUT2D eigenvalue weighted by Crippen LogP contribution is 2.14. The molecule has 0 fully saturated rings. The first-order chi connectivity index (χ1) is 11.3. The molecule has 0 saturated heterocycles. The van der Waals surface area contributed by atoms with Crippen LogP contribution >= 0.6 is 0 Å². The third-order valence-electron chi connectivity index (χ3n) is 3.77. The van der Waals surface area contributed by atoms with E-state index < -0.39 is 0 Å². The van der Waals surface area contributed by atoms with Gasteiger partial charge in [0.1, 0.15) is 11.3 Å². The summed E-state index contributed by atoms with van der Waals surface area (Å²) in [6, 6.07) is 7.95. The molecule has 4 aromatic rings. The van der Waals surface area contributed by atoms with Crippen LogP contribution in [0.1, 0.15) is 17.9 Å². The average Bonchev–Trinajstić information content (AvgIpc) is 3.14. The van der Waals surface area contributed by atoms with Crippen LogP contribution in [0.2, 0.25) is 0 Å². The number of anilines is 1. The SMILES string of the molecule is Cc1cc2c(NCCCc3nnc4ccccn34)nccn2n1. The smallest absolute Gasteiger partial charge is 0.160 e. The van der Waals surface area contributed by atoms with Crippen LogP contribution in [0.3, 0.4) is 0 Å². The van der Waals surface area contributed by atoms with Crippen LogP contribution in [0.4, 0.5) is 5.82 Å². The lowest BCUT2D eigenvalue weighted by atomic mass is 10.3. The van der Waals surface area contributed by atoms with Gasteiger partial charge < -0.3 is 5.32 Å². The Labute approximate surface area is 133 Å². The van der Waals surface area contributed by atoms with E-state index in [9.17, 15) is 0 Å². The van der Waals surface area contributed by atoms with Crippen LogP contribution in [0.15, 0.2) is 42.9 Å². The van der Waals surface area contributed by atoms with Gasteiger partial charge in [-0.05, 0) is 31.5 Å². The predicted molar refractivity (Wildman–Crippen MR) is 87.5 cm³/mol. The molecular weight excluding hydrogens is 290 g/mol. The zero-order valence-electron chi connectivity index (χ0n) is 12.8. The quantitative estimate of drug-likeness (QED) is 0.572. The van der Waals surface area contributed by atoms with Crippen LogP contribution in [0.5, 0.6) is 0 Å². The molecule has 0 radical (unpaired) electrons. The fourth-order valence-electron chi connectivity index (χ4n) is 2.70. The van der Waals surface area contributed by atoms with Crippen LogP contribution in [-0.2, 0) is 6.42 Å². The van der Waals surface area contributed by atoms with Crippen molar-refractivity contribution in [2.75, 3.05) is 11.9 Å². The van der Waals surface area contributed by atoms with Crippen molar-refractivity contribution in [1.29, 1.82) is 0 Å². The lowest BCUT2D eigenvalue weighted by Gasteiger charge is -2.06. The summed E-state index contributed by atoms with van der Waals surface area (Å²) in [5.41, 5.74) is 2.87. The maximum atomic E-state index is 4.40. The number of aryl methyl sites for hydroxylation is 2. The normalized spacial score (nSPS) is 11.3. The number of hydrogen-bond acceptors (Lipinski definition) is 5. The largest absolute Gasteiger partial charge is 0.368 e. The Kier molecular flexibility index (Phi) is 3.38. The van der Waals surface area contributed by atoms with E-state index in [2.05, 4.69) is 25.6 Å². The first-order valence-corrected chi connectivity index (χ1v) is 7.65. The molecule has 0 atom stereocenters. The lowest BCUT2D eigenvalue weighted by molar-refractivity contribution is 0.786. The second-order valence-corrected chi connectivity index (χ2v) is 5.47. The highest BCUT2D eigenvalue weighted by Gasteiger charge is 2.06. The van der Waals surface area contributed by atoms with Gasteiger partial charge >= 0.3 is 0 Å². The van der Waals surface area contributed by atoms with E-state index >= 15 is 0 Å². The molecule has 0 bridgehead atoms. The van der Waals surface area contributed by atoms with E-state index in [1.54, 1.807) is 6.20 Å². The molecule has 0 aromatic carbocycles. The molecule has 0 aliphatic carbocycles. The Morgan fingerprint density at radius 1 is 1.17 bits per heavy atom. The molecule has 4 rings (SSSR count). The number of rotatable bonds is 5. The van der Waals surface area contributed by atoms with Crippen molar-refractivity contribution in [2.24, 2.45) is 0 Å². The van der Waals surface area contributed by atoms with Gasteiger partial charge in [-0.15, -0.1) is 10.2 Å². The second kappa shape index (κ2) is 5.68. The number of nitrogens with zero attached hydrogens (tertiary/aromatic N) is 6. The van der Waals surface area contributed by atoms with Crippen LogP contribution in [0, 0.1) is 6.92 Å². The van der Waals surface area contributed by atoms with Gasteiger partial charge in [0.15, 0.2) is 11.5 Å². The molecule has 7 heteroatoms. The molecule has 0 amide bonds. The van der Waals surface area contributed by atoms with Gasteiger partial charge in [-0.3, -0.25) is 4.40 Å².